The molecule has 0 N–H and O–H groups in total. The number of amides is 1. The van der Waals surface area contributed by atoms with Gasteiger partial charge in [0.15, 0.2) is 0 Å². The monoisotopic (exact) mass is 332 g/mol. The van der Waals surface area contributed by atoms with Crippen LogP contribution >= 0.6 is 0 Å². The number of carbonyl (C=O) groups is 1. The number of hydrogen-bond donors (Lipinski definition) is 0. The molecule has 0 radical (unpaired) electrons. The van der Waals surface area contributed by atoms with Gasteiger partial charge < -0.3 is 9.64 Å². The topological polar surface area (TPSA) is 32.8 Å². The van der Waals surface area contributed by atoms with E-state index in [-0.39, 0.29) is 23.6 Å². The van der Waals surface area contributed by atoms with Gasteiger partial charge in [-0.3, -0.25) is 4.90 Å². The molecule has 0 aliphatic carbocycles. The molecule has 2 atom stereocenters. The first-order chi connectivity index (χ1) is 11.2. The summed E-state index contributed by atoms with van der Waals surface area (Å²) in [6.07, 6.45) is 0.675. The second kappa shape index (κ2) is 7.45. The summed E-state index contributed by atoms with van der Waals surface area (Å²) >= 11 is 0. The molecule has 2 unspecified atom stereocenters. The summed E-state index contributed by atoms with van der Waals surface area (Å²) in [5.74, 6) is 0. The maximum absolute atomic E-state index is 12.3. The fraction of sp³-hybridized carbons (Fsp3) is 0.650. The minimum Gasteiger partial charge on any atom is -0.449 e. The van der Waals surface area contributed by atoms with E-state index in [4.69, 9.17) is 4.74 Å². The summed E-state index contributed by atoms with van der Waals surface area (Å²) in [5.41, 5.74) is 2.73. The largest absolute Gasteiger partial charge is 0.449 e. The summed E-state index contributed by atoms with van der Waals surface area (Å²) in [7, 11) is 0. The highest BCUT2D eigenvalue weighted by Gasteiger charge is 2.34. The van der Waals surface area contributed by atoms with E-state index in [9.17, 15) is 4.79 Å². The lowest BCUT2D eigenvalue weighted by Crippen LogP contribution is -2.58. The molecule has 1 aliphatic heterocycles. The Morgan fingerprint density at radius 1 is 1.12 bits per heavy atom. The molecule has 1 saturated heterocycles. The predicted octanol–water partition coefficient (Wildman–Crippen LogP) is 4.43. The van der Waals surface area contributed by atoms with Crippen molar-refractivity contribution in [2.75, 3.05) is 24.6 Å². The highest BCUT2D eigenvalue weighted by Crippen LogP contribution is 2.27. The summed E-state index contributed by atoms with van der Waals surface area (Å²) in [5, 5.41) is 0. The minimum atomic E-state index is -0.181. The molecule has 1 aliphatic rings. The van der Waals surface area contributed by atoms with Crippen LogP contribution < -0.4 is 4.90 Å². The summed E-state index contributed by atoms with van der Waals surface area (Å²) in [6, 6.07) is 9.11. The number of nitrogens with zero attached hydrogens (tertiary/aromatic N) is 2. The van der Waals surface area contributed by atoms with Crippen LogP contribution in [0.2, 0.25) is 0 Å². The third-order valence-corrected chi connectivity index (χ3v) is 4.66. The SMILES string of the molecule is CCCOC(=O)N1C(C)CN(c2ccc(C(C)(C)C)cc2)CC1C. The lowest BCUT2D eigenvalue weighted by Gasteiger charge is -2.44. The van der Waals surface area contributed by atoms with Gasteiger partial charge in [0.1, 0.15) is 0 Å². The summed E-state index contributed by atoms with van der Waals surface area (Å²) < 4.78 is 5.33. The van der Waals surface area contributed by atoms with Crippen LogP contribution in [0.3, 0.4) is 0 Å². The van der Waals surface area contributed by atoms with Crippen LogP contribution in [0.15, 0.2) is 24.3 Å². The van der Waals surface area contributed by atoms with Crippen molar-refractivity contribution in [1.82, 2.24) is 4.90 Å². The van der Waals surface area contributed by atoms with Crippen molar-refractivity contribution in [3.05, 3.63) is 29.8 Å². The summed E-state index contributed by atoms with van der Waals surface area (Å²) in [4.78, 5) is 16.5. The first-order valence-corrected chi connectivity index (χ1v) is 9.04. The Hall–Kier alpha value is -1.71. The van der Waals surface area contributed by atoms with Crippen LogP contribution in [0.1, 0.15) is 53.5 Å². The van der Waals surface area contributed by atoms with Crippen LogP contribution in [-0.4, -0.2) is 42.8 Å². The van der Waals surface area contributed by atoms with Crippen LogP contribution in [0, 0.1) is 0 Å². The number of anilines is 1. The van der Waals surface area contributed by atoms with E-state index in [2.05, 4.69) is 63.8 Å². The van der Waals surface area contributed by atoms with Crippen LogP contribution in [0.4, 0.5) is 10.5 Å². The van der Waals surface area contributed by atoms with E-state index in [0.29, 0.717) is 6.61 Å². The van der Waals surface area contributed by atoms with Gasteiger partial charge in [0, 0.05) is 18.8 Å². The van der Waals surface area contributed by atoms with Gasteiger partial charge in [0.25, 0.3) is 0 Å². The van der Waals surface area contributed by atoms with Crippen molar-refractivity contribution < 1.29 is 9.53 Å². The highest BCUT2D eigenvalue weighted by atomic mass is 16.6. The number of piperazine rings is 1. The van der Waals surface area contributed by atoms with E-state index >= 15 is 0 Å². The summed E-state index contributed by atoms with van der Waals surface area (Å²) in [6.45, 7) is 15.1. The Labute approximate surface area is 146 Å². The number of ether oxygens (including phenoxy) is 1. The van der Waals surface area contributed by atoms with Crippen molar-refractivity contribution in [2.24, 2.45) is 0 Å². The molecular formula is C20H32N2O2. The van der Waals surface area contributed by atoms with Crippen molar-refractivity contribution in [3.63, 3.8) is 0 Å². The molecule has 4 heteroatoms. The molecule has 2 rings (SSSR count). The van der Waals surface area contributed by atoms with Gasteiger partial charge in [0.05, 0.1) is 18.7 Å². The lowest BCUT2D eigenvalue weighted by atomic mass is 9.87. The molecule has 0 saturated carbocycles. The molecule has 1 amide bonds. The van der Waals surface area contributed by atoms with Gasteiger partial charge in [-0.05, 0) is 43.4 Å². The highest BCUT2D eigenvalue weighted by molar-refractivity contribution is 5.69. The second-order valence-corrected chi connectivity index (χ2v) is 7.92. The molecule has 0 spiro atoms. The molecular weight excluding hydrogens is 300 g/mol. The first-order valence-electron chi connectivity index (χ1n) is 9.04. The van der Waals surface area contributed by atoms with Crippen LogP contribution in [-0.2, 0) is 10.2 Å². The third kappa shape index (κ3) is 4.22. The average molecular weight is 332 g/mol. The Balaban J connectivity index is 2.07. The van der Waals surface area contributed by atoms with Crippen molar-refractivity contribution in [1.29, 1.82) is 0 Å². The molecule has 0 aromatic heterocycles. The van der Waals surface area contributed by atoms with Crippen LogP contribution in [0.25, 0.3) is 0 Å². The third-order valence-electron chi connectivity index (χ3n) is 4.66. The zero-order chi connectivity index (χ0) is 17.9. The molecule has 24 heavy (non-hydrogen) atoms. The number of hydrogen-bond acceptors (Lipinski definition) is 3. The standard InChI is InChI=1S/C20H32N2O2/c1-7-12-24-19(23)22-15(2)13-21(14-16(22)3)18-10-8-17(9-11-18)20(4,5)6/h8-11,15-16H,7,12-14H2,1-6H3. The predicted molar refractivity (Wildman–Crippen MR) is 99.8 cm³/mol. The molecule has 134 valence electrons. The minimum absolute atomic E-state index is 0.139. The van der Waals surface area contributed by atoms with E-state index in [1.807, 2.05) is 11.8 Å². The molecule has 0 bridgehead atoms. The lowest BCUT2D eigenvalue weighted by molar-refractivity contribution is 0.0663. The fourth-order valence-electron chi connectivity index (χ4n) is 3.33. The van der Waals surface area contributed by atoms with Gasteiger partial charge in [-0.15, -0.1) is 0 Å². The first kappa shape index (κ1) is 18.6. The van der Waals surface area contributed by atoms with Crippen LogP contribution in [0.5, 0.6) is 0 Å². The Bertz CT molecular complexity index is 536. The molecule has 4 nitrogen and oxygen atoms in total. The van der Waals surface area contributed by atoms with E-state index < -0.39 is 0 Å². The zero-order valence-electron chi connectivity index (χ0n) is 16.0. The van der Waals surface area contributed by atoms with E-state index in [0.717, 1.165) is 19.5 Å². The maximum atomic E-state index is 12.3. The number of benzene rings is 1. The molecule has 1 fully saturated rings. The quantitative estimate of drug-likeness (QED) is 0.821. The average Bonchev–Trinajstić information content (AvgIpc) is 2.51. The van der Waals surface area contributed by atoms with E-state index in [1.54, 1.807) is 0 Å². The van der Waals surface area contributed by atoms with Gasteiger partial charge in [-0.1, -0.05) is 39.8 Å². The maximum Gasteiger partial charge on any atom is 0.410 e. The van der Waals surface area contributed by atoms with E-state index in [1.165, 1.54) is 11.3 Å². The van der Waals surface area contributed by atoms with Gasteiger partial charge in [0.2, 0.25) is 0 Å². The molecule has 1 aromatic rings. The number of carbonyl (C=O) groups excluding carboxylic acids is 1. The van der Waals surface area contributed by atoms with Gasteiger partial charge in [-0.2, -0.15) is 0 Å². The smallest absolute Gasteiger partial charge is 0.410 e. The second-order valence-electron chi connectivity index (χ2n) is 7.92. The number of rotatable bonds is 3. The normalized spacial score (nSPS) is 21.8. The van der Waals surface area contributed by atoms with Gasteiger partial charge in [-0.25, -0.2) is 4.79 Å². The van der Waals surface area contributed by atoms with Crippen molar-refractivity contribution in [2.45, 2.75) is 65.5 Å². The molecule has 1 heterocycles. The fourth-order valence-corrected chi connectivity index (χ4v) is 3.33. The van der Waals surface area contributed by atoms with Crippen molar-refractivity contribution >= 4 is 11.8 Å². The molecule has 1 aromatic carbocycles. The van der Waals surface area contributed by atoms with Gasteiger partial charge >= 0.3 is 6.09 Å². The Morgan fingerprint density at radius 2 is 1.67 bits per heavy atom. The Morgan fingerprint density at radius 3 is 2.12 bits per heavy atom. The zero-order valence-corrected chi connectivity index (χ0v) is 16.0. The Kier molecular flexibility index (Phi) is 5.79. The van der Waals surface area contributed by atoms with Crippen molar-refractivity contribution in [3.8, 4) is 0 Å².